The van der Waals surface area contributed by atoms with Crippen molar-refractivity contribution >= 4 is 5.91 Å². The Hall–Kier alpha value is -2.92. The van der Waals surface area contributed by atoms with Crippen molar-refractivity contribution in [3.8, 4) is 11.3 Å². The maximum atomic E-state index is 13.6. The number of benzene rings is 2. The van der Waals surface area contributed by atoms with Gasteiger partial charge in [0, 0.05) is 24.8 Å². The Balaban J connectivity index is 1.42. The number of hydrogen-bond acceptors (Lipinski definition) is 3. The van der Waals surface area contributed by atoms with Crippen LogP contribution in [-0.2, 0) is 17.8 Å². The molecule has 2 aliphatic rings. The molecule has 1 fully saturated rings. The molecule has 2 atom stereocenters. The number of hydrogen-bond donors (Lipinski definition) is 1. The SMILES string of the molecule is N[C@@H](Cc1ccccc1)C(=O)N1CCn2cc(-c3ccccc3)nc2[C@@H]1CC1CCCCC1. The second-order valence-corrected chi connectivity index (χ2v) is 9.63. The quantitative estimate of drug-likeness (QED) is 0.586. The van der Waals surface area contributed by atoms with Gasteiger partial charge in [0.05, 0.1) is 17.8 Å². The third-order valence-corrected chi connectivity index (χ3v) is 7.31. The smallest absolute Gasteiger partial charge is 0.240 e. The van der Waals surface area contributed by atoms with Crippen molar-refractivity contribution in [3.63, 3.8) is 0 Å². The van der Waals surface area contributed by atoms with Gasteiger partial charge in [-0.1, -0.05) is 92.8 Å². The summed E-state index contributed by atoms with van der Waals surface area (Å²) in [6.45, 7) is 1.45. The van der Waals surface area contributed by atoms with Gasteiger partial charge in [0.2, 0.25) is 5.91 Å². The van der Waals surface area contributed by atoms with Crippen molar-refractivity contribution in [1.29, 1.82) is 0 Å². The van der Waals surface area contributed by atoms with Crippen LogP contribution in [0, 0.1) is 5.92 Å². The fourth-order valence-electron chi connectivity index (χ4n) is 5.54. The molecule has 5 nitrogen and oxygen atoms in total. The van der Waals surface area contributed by atoms with E-state index in [2.05, 4.69) is 22.9 Å². The number of amides is 1. The normalized spacial score (nSPS) is 19.8. The van der Waals surface area contributed by atoms with Gasteiger partial charge in [-0.15, -0.1) is 0 Å². The van der Waals surface area contributed by atoms with Crippen molar-refractivity contribution in [2.75, 3.05) is 6.54 Å². The van der Waals surface area contributed by atoms with Crippen LogP contribution in [0.4, 0.5) is 0 Å². The molecule has 1 aliphatic carbocycles. The monoisotopic (exact) mass is 442 g/mol. The highest BCUT2D eigenvalue weighted by Gasteiger charge is 2.36. The highest BCUT2D eigenvalue weighted by Crippen LogP contribution is 2.37. The molecule has 33 heavy (non-hydrogen) atoms. The summed E-state index contributed by atoms with van der Waals surface area (Å²) in [6, 6.07) is 19.9. The van der Waals surface area contributed by atoms with E-state index in [4.69, 9.17) is 10.7 Å². The van der Waals surface area contributed by atoms with Gasteiger partial charge in [-0.3, -0.25) is 4.79 Å². The summed E-state index contributed by atoms with van der Waals surface area (Å²) in [5.74, 6) is 1.72. The fraction of sp³-hybridized carbons (Fsp3) is 0.429. The molecule has 0 radical (unpaired) electrons. The van der Waals surface area contributed by atoms with Crippen LogP contribution in [0.25, 0.3) is 11.3 Å². The molecule has 0 saturated heterocycles. The average molecular weight is 443 g/mol. The molecule has 0 spiro atoms. The van der Waals surface area contributed by atoms with E-state index in [1.807, 2.05) is 53.4 Å². The lowest BCUT2D eigenvalue weighted by atomic mass is 9.84. The molecule has 1 saturated carbocycles. The first-order valence-electron chi connectivity index (χ1n) is 12.4. The molecule has 1 aromatic heterocycles. The van der Waals surface area contributed by atoms with Crippen LogP contribution in [0.5, 0.6) is 0 Å². The first-order valence-corrected chi connectivity index (χ1v) is 12.4. The fourth-order valence-corrected chi connectivity index (χ4v) is 5.54. The lowest BCUT2D eigenvalue weighted by molar-refractivity contribution is -0.137. The van der Waals surface area contributed by atoms with Crippen LogP contribution < -0.4 is 5.73 Å². The molecule has 0 bridgehead atoms. The Kier molecular flexibility index (Phi) is 6.58. The Bertz CT molecular complexity index is 1060. The van der Waals surface area contributed by atoms with E-state index in [-0.39, 0.29) is 11.9 Å². The molecule has 1 amide bonds. The molecule has 1 aliphatic heterocycles. The number of rotatable bonds is 6. The van der Waals surface area contributed by atoms with Gasteiger partial charge in [0.1, 0.15) is 5.82 Å². The van der Waals surface area contributed by atoms with Crippen molar-refractivity contribution in [2.24, 2.45) is 11.7 Å². The number of carbonyl (C=O) groups is 1. The number of nitrogens with two attached hydrogens (primary N) is 1. The summed E-state index contributed by atoms with van der Waals surface area (Å²) in [5.41, 5.74) is 9.69. The van der Waals surface area contributed by atoms with Gasteiger partial charge in [0.25, 0.3) is 0 Å². The summed E-state index contributed by atoms with van der Waals surface area (Å²) in [6.07, 6.45) is 10.1. The van der Waals surface area contributed by atoms with Gasteiger partial charge >= 0.3 is 0 Å². The third kappa shape index (κ3) is 4.88. The predicted molar refractivity (Wildman–Crippen MR) is 131 cm³/mol. The minimum absolute atomic E-state index is 0.00589. The van der Waals surface area contributed by atoms with Gasteiger partial charge < -0.3 is 15.2 Å². The second kappa shape index (κ2) is 9.92. The van der Waals surface area contributed by atoms with Crippen LogP contribution in [-0.4, -0.2) is 32.9 Å². The molecular formula is C28H34N4O. The molecule has 0 unspecified atom stereocenters. The van der Waals surface area contributed by atoms with E-state index in [1.165, 1.54) is 32.1 Å². The van der Waals surface area contributed by atoms with Gasteiger partial charge in [-0.25, -0.2) is 4.98 Å². The first kappa shape index (κ1) is 21.9. The number of fused-ring (bicyclic) bond motifs is 1. The molecule has 2 N–H and O–H groups in total. The maximum absolute atomic E-state index is 13.6. The Morgan fingerprint density at radius 3 is 2.39 bits per heavy atom. The number of aromatic nitrogens is 2. The highest BCUT2D eigenvalue weighted by molar-refractivity contribution is 5.82. The van der Waals surface area contributed by atoms with E-state index < -0.39 is 6.04 Å². The van der Waals surface area contributed by atoms with E-state index in [0.717, 1.165) is 35.6 Å². The molecule has 172 valence electrons. The maximum Gasteiger partial charge on any atom is 0.240 e. The molecular weight excluding hydrogens is 408 g/mol. The lowest BCUT2D eigenvalue weighted by Gasteiger charge is -2.39. The summed E-state index contributed by atoms with van der Waals surface area (Å²) in [4.78, 5) is 20.7. The number of nitrogens with zero attached hydrogens (tertiary/aromatic N) is 3. The summed E-state index contributed by atoms with van der Waals surface area (Å²) in [7, 11) is 0. The van der Waals surface area contributed by atoms with Gasteiger partial charge in [0.15, 0.2) is 0 Å². The van der Waals surface area contributed by atoms with Crippen molar-refractivity contribution in [3.05, 3.63) is 78.2 Å². The molecule has 2 heterocycles. The van der Waals surface area contributed by atoms with Crippen molar-refractivity contribution in [1.82, 2.24) is 14.5 Å². The standard InChI is InChI=1S/C28H34N4O/c29-24(18-21-10-4-1-5-11-21)28(33)32-17-16-31-20-25(23-14-8-3-9-15-23)30-27(31)26(32)19-22-12-6-2-7-13-22/h1,3-5,8-11,14-15,20,22,24,26H,2,6-7,12-13,16-19,29H2/t24-,26-/m0/s1. The van der Waals surface area contributed by atoms with Crippen LogP contribution >= 0.6 is 0 Å². The lowest BCUT2D eigenvalue weighted by Crippen LogP contribution is -2.50. The van der Waals surface area contributed by atoms with Gasteiger partial charge in [-0.05, 0) is 24.3 Å². The first-order chi connectivity index (χ1) is 16.2. The van der Waals surface area contributed by atoms with E-state index in [9.17, 15) is 4.79 Å². The predicted octanol–water partition coefficient (Wildman–Crippen LogP) is 4.97. The van der Waals surface area contributed by atoms with Crippen LogP contribution in [0.1, 0.15) is 56.0 Å². The van der Waals surface area contributed by atoms with Gasteiger partial charge in [-0.2, -0.15) is 0 Å². The zero-order chi connectivity index (χ0) is 22.6. The topological polar surface area (TPSA) is 64.2 Å². The van der Waals surface area contributed by atoms with Crippen molar-refractivity contribution < 1.29 is 4.79 Å². The molecule has 5 heteroatoms. The zero-order valence-corrected chi connectivity index (χ0v) is 19.3. The minimum atomic E-state index is -0.531. The number of carbonyl (C=O) groups excluding carboxylic acids is 1. The second-order valence-electron chi connectivity index (χ2n) is 9.63. The molecule has 3 aromatic rings. The Morgan fingerprint density at radius 1 is 0.970 bits per heavy atom. The van der Waals surface area contributed by atoms with E-state index in [0.29, 0.717) is 18.9 Å². The minimum Gasteiger partial charge on any atom is -0.331 e. The van der Waals surface area contributed by atoms with E-state index >= 15 is 0 Å². The highest BCUT2D eigenvalue weighted by atomic mass is 16.2. The van der Waals surface area contributed by atoms with Crippen molar-refractivity contribution in [2.45, 2.75) is 63.6 Å². The van der Waals surface area contributed by atoms with Crippen LogP contribution in [0.15, 0.2) is 66.9 Å². The number of imidazole rings is 1. The van der Waals surface area contributed by atoms with Crippen LogP contribution in [0.2, 0.25) is 0 Å². The van der Waals surface area contributed by atoms with E-state index in [1.54, 1.807) is 0 Å². The largest absolute Gasteiger partial charge is 0.331 e. The molecule has 2 aromatic carbocycles. The summed E-state index contributed by atoms with van der Waals surface area (Å²) in [5, 5.41) is 0. The Labute approximate surface area is 196 Å². The molecule has 5 rings (SSSR count). The van der Waals surface area contributed by atoms with Crippen LogP contribution in [0.3, 0.4) is 0 Å². The average Bonchev–Trinajstić information content (AvgIpc) is 3.31. The zero-order valence-electron chi connectivity index (χ0n) is 19.3. The third-order valence-electron chi connectivity index (χ3n) is 7.31. The summed E-state index contributed by atoms with van der Waals surface area (Å²) >= 11 is 0. The summed E-state index contributed by atoms with van der Waals surface area (Å²) < 4.78 is 2.27. The Morgan fingerprint density at radius 2 is 1.67 bits per heavy atom.